The summed E-state index contributed by atoms with van der Waals surface area (Å²) in [6.07, 6.45) is 0.978. The fourth-order valence-corrected chi connectivity index (χ4v) is 1.42. The fourth-order valence-electron chi connectivity index (χ4n) is 1.30. The predicted molar refractivity (Wildman–Crippen MR) is 65.0 cm³/mol. The molecule has 0 aromatic heterocycles. The van der Waals surface area contributed by atoms with Crippen LogP contribution in [0.3, 0.4) is 0 Å². The molecule has 0 saturated carbocycles. The average Bonchev–Trinajstić information content (AvgIpc) is 2.20. The maximum atomic E-state index is 13.1. The Morgan fingerprint density at radius 2 is 2.07 bits per heavy atom. The van der Waals surface area contributed by atoms with Gasteiger partial charge in [0.2, 0.25) is 0 Å². The Morgan fingerprint density at radius 3 is 2.53 bits per heavy atom. The van der Waals surface area contributed by atoms with E-state index in [9.17, 15) is 4.39 Å². The highest BCUT2D eigenvalue weighted by atomic mass is 35.5. The van der Waals surface area contributed by atoms with E-state index in [-0.39, 0.29) is 23.5 Å². The molecule has 1 aromatic rings. The molecule has 2 N–H and O–H groups in total. The molecule has 0 heterocycles. The van der Waals surface area contributed by atoms with Crippen molar-refractivity contribution in [3.8, 4) is 0 Å². The Balaban J connectivity index is 0.00000196. The van der Waals surface area contributed by atoms with Crippen LogP contribution in [0.5, 0.6) is 0 Å². The molecule has 0 bridgehead atoms. The van der Waals surface area contributed by atoms with E-state index in [4.69, 9.17) is 17.3 Å². The van der Waals surface area contributed by atoms with Gasteiger partial charge in [-0.3, -0.25) is 0 Å². The van der Waals surface area contributed by atoms with Gasteiger partial charge in [-0.25, -0.2) is 4.39 Å². The SMILES string of the molecule is CCC(C)[C@@H](N)c1ccc(Cl)c(F)c1.Cl. The van der Waals surface area contributed by atoms with Crippen molar-refractivity contribution >= 4 is 24.0 Å². The minimum Gasteiger partial charge on any atom is -0.324 e. The molecular weight excluding hydrogens is 236 g/mol. The molecule has 1 nitrogen and oxygen atoms in total. The normalized spacial score (nSPS) is 14.2. The van der Waals surface area contributed by atoms with E-state index in [1.54, 1.807) is 12.1 Å². The van der Waals surface area contributed by atoms with E-state index in [0.717, 1.165) is 12.0 Å². The molecule has 0 aliphatic rings. The highest BCUT2D eigenvalue weighted by Crippen LogP contribution is 2.24. The molecule has 4 heteroatoms. The molecule has 15 heavy (non-hydrogen) atoms. The monoisotopic (exact) mass is 251 g/mol. The van der Waals surface area contributed by atoms with Crippen molar-refractivity contribution in [2.24, 2.45) is 11.7 Å². The van der Waals surface area contributed by atoms with Gasteiger partial charge in [0.05, 0.1) is 5.02 Å². The topological polar surface area (TPSA) is 26.0 Å². The molecule has 0 fully saturated rings. The minimum absolute atomic E-state index is 0. The van der Waals surface area contributed by atoms with Gasteiger partial charge in [-0.15, -0.1) is 12.4 Å². The first-order chi connectivity index (χ1) is 6.56. The lowest BCUT2D eigenvalue weighted by Crippen LogP contribution is -2.18. The maximum Gasteiger partial charge on any atom is 0.142 e. The number of halogens is 3. The fraction of sp³-hybridized carbons (Fsp3) is 0.455. The molecule has 0 spiro atoms. The summed E-state index contributed by atoms with van der Waals surface area (Å²) in [7, 11) is 0. The summed E-state index contributed by atoms with van der Waals surface area (Å²) in [5.74, 6) is -0.0569. The number of benzene rings is 1. The van der Waals surface area contributed by atoms with Crippen LogP contribution < -0.4 is 5.73 Å². The Labute approximate surface area is 101 Å². The quantitative estimate of drug-likeness (QED) is 0.866. The molecule has 0 radical (unpaired) electrons. The summed E-state index contributed by atoms with van der Waals surface area (Å²) >= 11 is 5.58. The van der Waals surface area contributed by atoms with Gasteiger partial charge in [-0.1, -0.05) is 37.9 Å². The third kappa shape index (κ3) is 3.63. The van der Waals surface area contributed by atoms with Crippen molar-refractivity contribution in [1.82, 2.24) is 0 Å². The van der Waals surface area contributed by atoms with Gasteiger partial charge in [-0.05, 0) is 23.6 Å². The third-order valence-electron chi connectivity index (χ3n) is 2.59. The summed E-state index contributed by atoms with van der Waals surface area (Å²) < 4.78 is 13.1. The summed E-state index contributed by atoms with van der Waals surface area (Å²) in [5.41, 5.74) is 6.76. The highest BCUT2D eigenvalue weighted by Gasteiger charge is 2.14. The number of hydrogen-bond donors (Lipinski definition) is 1. The van der Waals surface area contributed by atoms with E-state index in [0.29, 0.717) is 5.92 Å². The summed E-state index contributed by atoms with van der Waals surface area (Å²) in [6, 6.07) is 4.63. The standard InChI is InChI=1S/C11H15ClFN.ClH/c1-3-7(2)11(14)8-4-5-9(12)10(13)6-8;/h4-7,11H,3,14H2,1-2H3;1H/t7?,11-;/m1./s1. The van der Waals surface area contributed by atoms with Crippen LogP contribution >= 0.6 is 24.0 Å². The predicted octanol–water partition coefficient (Wildman–Crippen LogP) is 3.95. The van der Waals surface area contributed by atoms with Gasteiger partial charge in [0.1, 0.15) is 5.82 Å². The third-order valence-corrected chi connectivity index (χ3v) is 2.89. The molecule has 0 aliphatic heterocycles. The second-order valence-corrected chi connectivity index (χ2v) is 3.99. The van der Waals surface area contributed by atoms with E-state index in [1.165, 1.54) is 6.07 Å². The zero-order valence-electron chi connectivity index (χ0n) is 8.84. The first-order valence-electron chi connectivity index (χ1n) is 4.76. The molecule has 1 aromatic carbocycles. The first-order valence-corrected chi connectivity index (χ1v) is 5.14. The smallest absolute Gasteiger partial charge is 0.142 e. The van der Waals surface area contributed by atoms with Gasteiger partial charge < -0.3 is 5.73 Å². The van der Waals surface area contributed by atoms with E-state index >= 15 is 0 Å². The zero-order chi connectivity index (χ0) is 10.7. The van der Waals surface area contributed by atoms with Crippen molar-refractivity contribution in [3.63, 3.8) is 0 Å². The average molecular weight is 252 g/mol. The van der Waals surface area contributed by atoms with E-state index in [2.05, 4.69) is 13.8 Å². The summed E-state index contributed by atoms with van der Waals surface area (Å²) in [6.45, 7) is 4.12. The largest absolute Gasteiger partial charge is 0.324 e. The van der Waals surface area contributed by atoms with Gasteiger partial charge in [-0.2, -0.15) is 0 Å². The van der Waals surface area contributed by atoms with Crippen LogP contribution in [-0.4, -0.2) is 0 Å². The number of nitrogens with two attached hydrogens (primary N) is 1. The van der Waals surface area contributed by atoms with Gasteiger partial charge in [0.25, 0.3) is 0 Å². The van der Waals surface area contributed by atoms with Crippen LogP contribution in [0.2, 0.25) is 5.02 Å². The lowest BCUT2D eigenvalue weighted by Gasteiger charge is -2.18. The summed E-state index contributed by atoms with van der Waals surface area (Å²) in [4.78, 5) is 0. The minimum atomic E-state index is -0.400. The van der Waals surface area contributed by atoms with Crippen LogP contribution in [0.4, 0.5) is 4.39 Å². The first kappa shape index (κ1) is 14.7. The lowest BCUT2D eigenvalue weighted by atomic mass is 9.93. The maximum absolute atomic E-state index is 13.1. The lowest BCUT2D eigenvalue weighted by molar-refractivity contribution is 0.455. The Hall–Kier alpha value is -0.310. The molecule has 2 atom stereocenters. The molecule has 0 saturated heterocycles. The van der Waals surface area contributed by atoms with Gasteiger partial charge in [0.15, 0.2) is 0 Å². The van der Waals surface area contributed by atoms with Crippen LogP contribution in [0.15, 0.2) is 18.2 Å². The van der Waals surface area contributed by atoms with Crippen molar-refractivity contribution in [2.75, 3.05) is 0 Å². The van der Waals surface area contributed by atoms with Crippen molar-refractivity contribution in [3.05, 3.63) is 34.6 Å². The van der Waals surface area contributed by atoms with Crippen molar-refractivity contribution < 1.29 is 4.39 Å². The summed E-state index contributed by atoms with van der Waals surface area (Å²) in [5, 5.41) is 0.144. The van der Waals surface area contributed by atoms with Gasteiger partial charge >= 0.3 is 0 Å². The second kappa shape index (κ2) is 6.31. The van der Waals surface area contributed by atoms with Crippen LogP contribution in [0.1, 0.15) is 31.9 Å². The Morgan fingerprint density at radius 1 is 1.47 bits per heavy atom. The van der Waals surface area contributed by atoms with Crippen molar-refractivity contribution in [1.29, 1.82) is 0 Å². The molecule has 0 aliphatic carbocycles. The van der Waals surface area contributed by atoms with Crippen molar-refractivity contribution in [2.45, 2.75) is 26.3 Å². The highest BCUT2D eigenvalue weighted by molar-refractivity contribution is 6.30. The Kier molecular flexibility index (Phi) is 6.18. The van der Waals surface area contributed by atoms with Crippen LogP contribution in [0.25, 0.3) is 0 Å². The number of hydrogen-bond acceptors (Lipinski definition) is 1. The van der Waals surface area contributed by atoms with Gasteiger partial charge in [0, 0.05) is 6.04 Å². The molecule has 1 rings (SSSR count). The van der Waals surface area contributed by atoms with Crippen LogP contribution in [-0.2, 0) is 0 Å². The number of rotatable bonds is 3. The van der Waals surface area contributed by atoms with E-state index in [1.807, 2.05) is 0 Å². The molecular formula is C11H16Cl2FN. The molecule has 0 amide bonds. The molecule has 86 valence electrons. The second-order valence-electron chi connectivity index (χ2n) is 3.58. The zero-order valence-corrected chi connectivity index (χ0v) is 10.4. The van der Waals surface area contributed by atoms with Crippen LogP contribution in [0, 0.1) is 11.7 Å². The Bertz CT molecular complexity index is 317. The molecule has 1 unspecified atom stereocenters. The van der Waals surface area contributed by atoms with E-state index < -0.39 is 5.82 Å².